The second-order valence-electron chi connectivity index (χ2n) is 5.06. The second-order valence-corrected chi connectivity index (χ2v) is 5.91. The predicted octanol–water partition coefficient (Wildman–Crippen LogP) is 5.46. The van der Waals surface area contributed by atoms with Crippen molar-refractivity contribution in [3.05, 3.63) is 64.8 Å². The summed E-state index contributed by atoms with van der Waals surface area (Å²) in [6, 6.07) is 17.0. The Morgan fingerprint density at radius 2 is 1.86 bits per heavy atom. The first-order valence-electron chi connectivity index (χ1n) is 7.08. The second kappa shape index (κ2) is 5.86. The molecule has 0 aliphatic carbocycles. The van der Waals surface area contributed by atoms with Gasteiger partial charge in [0, 0.05) is 18.1 Å². The van der Waals surface area contributed by atoms with E-state index in [1.165, 1.54) is 16.5 Å². The van der Waals surface area contributed by atoms with Crippen molar-refractivity contribution in [2.24, 2.45) is 0 Å². The molecule has 0 saturated carbocycles. The van der Waals surface area contributed by atoms with Crippen LogP contribution in [0.3, 0.4) is 0 Å². The molecule has 0 aliphatic heterocycles. The maximum Gasteiger partial charge on any atom is 0.147 e. The average Bonchev–Trinajstić information content (AvgIpc) is 2.50. The highest BCUT2D eigenvalue weighted by Crippen LogP contribution is 2.34. The SMILES string of the molecule is CCN(c1ncc(C)cc1Br)c1cccc2ccccc12. The molecule has 3 heteroatoms. The fraction of sp³-hybridized carbons (Fsp3) is 0.167. The van der Waals surface area contributed by atoms with E-state index in [0.717, 1.165) is 22.4 Å². The molecule has 3 aromatic rings. The molecule has 0 bridgehead atoms. The van der Waals surface area contributed by atoms with Crippen LogP contribution in [0.25, 0.3) is 10.8 Å². The minimum Gasteiger partial charge on any atom is -0.325 e. The van der Waals surface area contributed by atoms with Gasteiger partial charge in [0.25, 0.3) is 0 Å². The van der Waals surface area contributed by atoms with E-state index in [4.69, 9.17) is 0 Å². The Bertz CT molecular complexity index is 778. The van der Waals surface area contributed by atoms with Crippen LogP contribution in [0.15, 0.2) is 59.2 Å². The molecule has 3 rings (SSSR count). The molecule has 0 unspecified atom stereocenters. The Morgan fingerprint density at radius 3 is 2.62 bits per heavy atom. The molecule has 0 aliphatic rings. The monoisotopic (exact) mass is 340 g/mol. The van der Waals surface area contributed by atoms with Crippen molar-refractivity contribution in [2.45, 2.75) is 13.8 Å². The Labute approximate surface area is 133 Å². The Hall–Kier alpha value is -1.87. The Morgan fingerprint density at radius 1 is 1.10 bits per heavy atom. The summed E-state index contributed by atoms with van der Waals surface area (Å²) in [5, 5.41) is 2.49. The molecule has 0 spiro atoms. The zero-order valence-electron chi connectivity index (χ0n) is 12.2. The number of fused-ring (bicyclic) bond motifs is 1. The van der Waals surface area contributed by atoms with E-state index in [2.05, 4.69) is 88.2 Å². The third kappa shape index (κ3) is 2.66. The van der Waals surface area contributed by atoms with Gasteiger partial charge in [0.05, 0.1) is 10.2 Å². The van der Waals surface area contributed by atoms with Crippen molar-refractivity contribution >= 4 is 38.2 Å². The first kappa shape index (κ1) is 14.1. The minimum atomic E-state index is 0.864. The lowest BCUT2D eigenvalue weighted by Crippen LogP contribution is -2.18. The van der Waals surface area contributed by atoms with Crippen molar-refractivity contribution < 1.29 is 0 Å². The van der Waals surface area contributed by atoms with Gasteiger partial charge >= 0.3 is 0 Å². The van der Waals surface area contributed by atoms with Crippen LogP contribution < -0.4 is 4.90 Å². The highest BCUT2D eigenvalue weighted by Gasteiger charge is 2.14. The molecule has 106 valence electrons. The number of hydrogen-bond donors (Lipinski definition) is 0. The highest BCUT2D eigenvalue weighted by molar-refractivity contribution is 9.10. The number of nitrogens with zero attached hydrogens (tertiary/aromatic N) is 2. The molecule has 21 heavy (non-hydrogen) atoms. The van der Waals surface area contributed by atoms with Crippen LogP contribution in [0, 0.1) is 6.92 Å². The first-order chi connectivity index (χ1) is 10.2. The summed E-state index contributed by atoms with van der Waals surface area (Å²) in [5.74, 6) is 0.958. The molecule has 0 fully saturated rings. The van der Waals surface area contributed by atoms with Gasteiger partial charge in [-0.1, -0.05) is 36.4 Å². The standard InChI is InChI=1S/C18H17BrN2/c1-3-21(18-16(19)11-13(2)12-20-18)17-10-6-8-14-7-4-5-9-15(14)17/h4-12H,3H2,1-2H3. The van der Waals surface area contributed by atoms with E-state index in [1.807, 2.05) is 6.20 Å². The summed E-state index contributed by atoms with van der Waals surface area (Å²) in [6.07, 6.45) is 1.91. The maximum absolute atomic E-state index is 4.61. The number of anilines is 2. The van der Waals surface area contributed by atoms with Gasteiger partial charge < -0.3 is 4.90 Å². The lowest BCUT2D eigenvalue weighted by Gasteiger charge is -2.25. The van der Waals surface area contributed by atoms with E-state index in [-0.39, 0.29) is 0 Å². The minimum absolute atomic E-state index is 0.864. The summed E-state index contributed by atoms with van der Waals surface area (Å²) in [5.41, 5.74) is 2.34. The van der Waals surface area contributed by atoms with Gasteiger partial charge in [-0.3, -0.25) is 0 Å². The van der Waals surface area contributed by atoms with Crippen LogP contribution in [0.2, 0.25) is 0 Å². The van der Waals surface area contributed by atoms with Crippen molar-refractivity contribution in [1.29, 1.82) is 0 Å². The van der Waals surface area contributed by atoms with E-state index in [1.54, 1.807) is 0 Å². The molecule has 0 N–H and O–H groups in total. The molecular formula is C18H17BrN2. The summed E-state index contributed by atoms with van der Waals surface area (Å²) in [7, 11) is 0. The van der Waals surface area contributed by atoms with Crippen LogP contribution in [0.1, 0.15) is 12.5 Å². The van der Waals surface area contributed by atoms with Crippen LogP contribution in [0.5, 0.6) is 0 Å². The predicted molar refractivity (Wildman–Crippen MR) is 93.3 cm³/mol. The number of hydrogen-bond acceptors (Lipinski definition) is 2. The van der Waals surface area contributed by atoms with E-state index in [0.29, 0.717) is 0 Å². The smallest absolute Gasteiger partial charge is 0.147 e. The van der Waals surface area contributed by atoms with Crippen molar-refractivity contribution in [1.82, 2.24) is 4.98 Å². The molecule has 2 aromatic carbocycles. The molecule has 2 nitrogen and oxygen atoms in total. The molecule has 1 heterocycles. The largest absolute Gasteiger partial charge is 0.325 e. The number of aryl methyl sites for hydroxylation is 1. The summed E-state index contributed by atoms with van der Waals surface area (Å²) < 4.78 is 1.03. The number of halogens is 1. The third-order valence-electron chi connectivity index (χ3n) is 3.59. The van der Waals surface area contributed by atoms with Gasteiger partial charge in [0.15, 0.2) is 0 Å². The van der Waals surface area contributed by atoms with Crippen LogP contribution >= 0.6 is 15.9 Å². The number of benzene rings is 2. The molecule has 1 aromatic heterocycles. The van der Waals surface area contributed by atoms with E-state index in [9.17, 15) is 0 Å². The topological polar surface area (TPSA) is 16.1 Å². The zero-order chi connectivity index (χ0) is 14.8. The van der Waals surface area contributed by atoms with Gasteiger partial charge in [0.2, 0.25) is 0 Å². The average molecular weight is 341 g/mol. The fourth-order valence-electron chi connectivity index (χ4n) is 2.60. The number of rotatable bonds is 3. The Kier molecular flexibility index (Phi) is 3.93. The first-order valence-corrected chi connectivity index (χ1v) is 7.87. The van der Waals surface area contributed by atoms with Crippen molar-refractivity contribution in [2.75, 3.05) is 11.4 Å². The lowest BCUT2D eigenvalue weighted by molar-refractivity contribution is 0.986. The number of aromatic nitrogens is 1. The summed E-state index contributed by atoms with van der Waals surface area (Å²) in [6.45, 7) is 5.06. The normalized spacial score (nSPS) is 10.8. The van der Waals surface area contributed by atoms with Gasteiger partial charge in [-0.05, 0) is 52.9 Å². The molecule has 0 radical (unpaired) electrons. The van der Waals surface area contributed by atoms with Crippen LogP contribution in [-0.2, 0) is 0 Å². The zero-order valence-corrected chi connectivity index (χ0v) is 13.8. The van der Waals surface area contributed by atoms with Crippen molar-refractivity contribution in [3.8, 4) is 0 Å². The fourth-order valence-corrected chi connectivity index (χ4v) is 3.28. The molecular weight excluding hydrogens is 324 g/mol. The highest BCUT2D eigenvalue weighted by atomic mass is 79.9. The van der Waals surface area contributed by atoms with Gasteiger partial charge in [-0.2, -0.15) is 0 Å². The third-order valence-corrected chi connectivity index (χ3v) is 4.17. The summed E-state index contributed by atoms with van der Waals surface area (Å²) in [4.78, 5) is 6.85. The van der Waals surface area contributed by atoms with Gasteiger partial charge in [-0.25, -0.2) is 4.98 Å². The van der Waals surface area contributed by atoms with Gasteiger partial charge in [-0.15, -0.1) is 0 Å². The molecule has 0 saturated heterocycles. The Balaban J connectivity index is 2.18. The lowest BCUT2D eigenvalue weighted by atomic mass is 10.1. The molecule has 0 amide bonds. The number of pyridine rings is 1. The van der Waals surface area contributed by atoms with Crippen molar-refractivity contribution in [3.63, 3.8) is 0 Å². The quantitative estimate of drug-likeness (QED) is 0.628. The van der Waals surface area contributed by atoms with Crippen LogP contribution in [0.4, 0.5) is 11.5 Å². The van der Waals surface area contributed by atoms with E-state index < -0.39 is 0 Å². The molecule has 0 atom stereocenters. The van der Waals surface area contributed by atoms with Gasteiger partial charge in [0.1, 0.15) is 5.82 Å². The van der Waals surface area contributed by atoms with E-state index >= 15 is 0 Å². The van der Waals surface area contributed by atoms with Crippen LogP contribution in [-0.4, -0.2) is 11.5 Å². The maximum atomic E-state index is 4.61. The summed E-state index contributed by atoms with van der Waals surface area (Å²) >= 11 is 3.65.